The standard InChI is InChI=1S/C17H17F2NO5S/c1-10-8-14(11(2)20(10)3)15(21)9-25-16(22)12-4-6-13(7-5-12)26(23,24)17(18)19/h4-8,17H,9H2,1-3H3. The number of esters is 1. The number of hydrogen-bond donors (Lipinski definition) is 0. The number of rotatable bonds is 6. The number of Topliss-reactive ketones (excluding diaryl/α,β-unsaturated/α-hetero) is 1. The van der Waals surface area contributed by atoms with Crippen molar-refractivity contribution in [3.05, 3.63) is 52.8 Å². The molecule has 0 aliphatic carbocycles. The number of halogens is 2. The fourth-order valence-corrected chi connectivity index (χ4v) is 3.03. The molecule has 1 heterocycles. The first-order valence-electron chi connectivity index (χ1n) is 7.51. The molecule has 9 heteroatoms. The molecular formula is C17H17F2NO5S. The van der Waals surface area contributed by atoms with Crippen LogP contribution in [0.2, 0.25) is 0 Å². The zero-order valence-corrected chi connectivity index (χ0v) is 15.1. The van der Waals surface area contributed by atoms with E-state index in [1.54, 1.807) is 13.0 Å². The largest absolute Gasteiger partial charge is 0.454 e. The lowest BCUT2D eigenvalue weighted by molar-refractivity contribution is 0.0474. The normalized spacial score (nSPS) is 11.6. The Balaban J connectivity index is 2.06. The van der Waals surface area contributed by atoms with Gasteiger partial charge in [0.2, 0.25) is 15.6 Å². The molecule has 26 heavy (non-hydrogen) atoms. The minimum atomic E-state index is -4.73. The van der Waals surface area contributed by atoms with Crippen molar-refractivity contribution in [2.45, 2.75) is 24.5 Å². The zero-order chi connectivity index (χ0) is 19.6. The molecule has 2 rings (SSSR count). The lowest BCUT2D eigenvalue weighted by atomic mass is 10.1. The summed E-state index contributed by atoms with van der Waals surface area (Å²) in [5.74, 6) is -4.78. The molecule has 0 spiro atoms. The fourth-order valence-electron chi connectivity index (χ4n) is 2.31. The van der Waals surface area contributed by atoms with Gasteiger partial charge in [-0.3, -0.25) is 4.79 Å². The number of sulfone groups is 1. The first kappa shape index (κ1) is 19.8. The van der Waals surface area contributed by atoms with Gasteiger partial charge in [-0.05, 0) is 44.2 Å². The quantitative estimate of drug-likeness (QED) is 0.564. The van der Waals surface area contributed by atoms with Gasteiger partial charge in [0.25, 0.3) is 0 Å². The highest BCUT2D eigenvalue weighted by Gasteiger charge is 2.26. The van der Waals surface area contributed by atoms with Gasteiger partial charge in [-0.1, -0.05) is 0 Å². The van der Waals surface area contributed by atoms with Crippen molar-refractivity contribution in [3.8, 4) is 0 Å². The van der Waals surface area contributed by atoms with E-state index in [0.29, 0.717) is 5.56 Å². The molecule has 0 aliphatic heterocycles. The molecule has 0 atom stereocenters. The molecule has 1 aromatic heterocycles. The lowest BCUT2D eigenvalue weighted by Crippen LogP contribution is -2.15. The third-order valence-corrected chi connectivity index (χ3v) is 5.46. The van der Waals surface area contributed by atoms with Gasteiger partial charge in [0.15, 0.2) is 6.61 Å². The van der Waals surface area contributed by atoms with E-state index in [1.807, 2.05) is 18.5 Å². The fraction of sp³-hybridized carbons (Fsp3) is 0.294. The Morgan fingerprint density at radius 1 is 1.15 bits per heavy atom. The van der Waals surface area contributed by atoms with E-state index in [1.165, 1.54) is 0 Å². The van der Waals surface area contributed by atoms with Crippen molar-refractivity contribution < 1.29 is 31.5 Å². The van der Waals surface area contributed by atoms with Crippen molar-refractivity contribution in [1.82, 2.24) is 4.57 Å². The van der Waals surface area contributed by atoms with Gasteiger partial charge in [-0.2, -0.15) is 8.78 Å². The summed E-state index contributed by atoms with van der Waals surface area (Å²) in [4.78, 5) is 23.5. The maximum Gasteiger partial charge on any atom is 0.341 e. The van der Waals surface area contributed by atoms with E-state index in [9.17, 15) is 26.8 Å². The van der Waals surface area contributed by atoms with E-state index in [-0.39, 0.29) is 11.3 Å². The number of nitrogens with zero attached hydrogens (tertiary/aromatic N) is 1. The third-order valence-electron chi connectivity index (χ3n) is 4.06. The maximum atomic E-state index is 12.5. The van der Waals surface area contributed by atoms with Gasteiger partial charge in [-0.15, -0.1) is 0 Å². The van der Waals surface area contributed by atoms with Crippen LogP contribution in [-0.4, -0.2) is 37.1 Å². The minimum absolute atomic E-state index is 0.0491. The molecule has 0 amide bonds. The molecule has 0 N–H and O–H groups in total. The van der Waals surface area contributed by atoms with E-state index in [0.717, 1.165) is 35.7 Å². The molecule has 140 valence electrons. The third kappa shape index (κ3) is 3.82. The molecular weight excluding hydrogens is 368 g/mol. The summed E-state index contributed by atoms with van der Waals surface area (Å²) in [5.41, 5.74) is 2.02. The number of benzene rings is 1. The van der Waals surface area contributed by atoms with Crippen molar-refractivity contribution in [3.63, 3.8) is 0 Å². The second kappa shape index (κ2) is 7.36. The smallest absolute Gasteiger partial charge is 0.341 e. The van der Waals surface area contributed by atoms with Gasteiger partial charge >= 0.3 is 11.7 Å². The van der Waals surface area contributed by atoms with Crippen LogP contribution < -0.4 is 0 Å². The summed E-state index contributed by atoms with van der Waals surface area (Å²) in [7, 11) is -2.92. The molecule has 0 aliphatic rings. The zero-order valence-electron chi connectivity index (χ0n) is 14.3. The summed E-state index contributed by atoms with van der Waals surface area (Å²) >= 11 is 0. The van der Waals surface area contributed by atoms with Crippen LogP contribution in [0.1, 0.15) is 32.1 Å². The number of ketones is 1. The Labute approximate surface area is 149 Å². The topological polar surface area (TPSA) is 82.4 Å². The second-order valence-corrected chi connectivity index (χ2v) is 7.59. The molecule has 6 nitrogen and oxygen atoms in total. The number of alkyl halides is 2. The van der Waals surface area contributed by atoms with Crippen molar-refractivity contribution in [1.29, 1.82) is 0 Å². The molecule has 2 aromatic rings. The number of carbonyl (C=O) groups excluding carboxylic acids is 2. The molecule has 0 fully saturated rings. The Bertz CT molecular complexity index is 946. The van der Waals surface area contributed by atoms with Crippen LogP contribution in [0.4, 0.5) is 8.78 Å². The maximum absolute atomic E-state index is 12.5. The first-order valence-corrected chi connectivity index (χ1v) is 9.05. The highest BCUT2D eigenvalue weighted by Crippen LogP contribution is 2.19. The van der Waals surface area contributed by atoms with Crippen LogP contribution in [-0.2, 0) is 21.6 Å². The van der Waals surface area contributed by atoms with Gasteiger partial charge in [-0.25, -0.2) is 13.2 Å². The minimum Gasteiger partial charge on any atom is -0.454 e. The van der Waals surface area contributed by atoms with Crippen LogP contribution in [0.25, 0.3) is 0 Å². The Kier molecular flexibility index (Phi) is 5.60. The Hall–Kier alpha value is -2.55. The molecule has 0 saturated carbocycles. The highest BCUT2D eigenvalue weighted by molar-refractivity contribution is 7.91. The van der Waals surface area contributed by atoms with Gasteiger partial charge < -0.3 is 9.30 Å². The molecule has 1 aromatic carbocycles. The van der Waals surface area contributed by atoms with Crippen molar-refractivity contribution in [2.75, 3.05) is 6.61 Å². The number of aryl methyl sites for hydroxylation is 1. The summed E-state index contributed by atoms with van der Waals surface area (Å²) in [6, 6.07) is 5.59. The van der Waals surface area contributed by atoms with Crippen LogP contribution in [0.3, 0.4) is 0 Å². The van der Waals surface area contributed by atoms with E-state index in [2.05, 4.69) is 0 Å². The monoisotopic (exact) mass is 385 g/mol. The first-order chi connectivity index (χ1) is 12.1. The Morgan fingerprint density at radius 3 is 2.19 bits per heavy atom. The summed E-state index contributed by atoms with van der Waals surface area (Å²) < 4.78 is 54.4. The average molecular weight is 385 g/mol. The number of ether oxygens (including phenoxy) is 1. The van der Waals surface area contributed by atoms with Gasteiger partial charge in [0.05, 0.1) is 10.5 Å². The predicted octanol–water partition coefficient (Wildman–Crippen LogP) is 2.68. The van der Waals surface area contributed by atoms with E-state index >= 15 is 0 Å². The van der Waals surface area contributed by atoms with Crippen molar-refractivity contribution >= 4 is 21.6 Å². The molecule has 0 saturated heterocycles. The summed E-state index contributed by atoms with van der Waals surface area (Å²) in [5, 5.41) is 0. The number of hydrogen-bond acceptors (Lipinski definition) is 5. The summed E-state index contributed by atoms with van der Waals surface area (Å²) in [6.07, 6.45) is 0. The number of carbonyl (C=O) groups is 2. The molecule has 0 radical (unpaired) electrons. The number of aromatic nitrogens is 1. The van der Waals surface area contributed by atoms with Crippen LogP contribution in [0, 0.1) is 13.8 Å². The molecule has 0 unspecified atom stereocenters. The average Bonchev–Trinajstić information content (AvgIpc) is 2.86. The summed E-state index contributed by atoms with van der Waals surface area (Å²) in [6.45, 7) is 3.12. The highest BCUT2D eigenvalue weighted by atomic mass is 32.2. The molecule has 0 bridgehead atoms. The predicted molar refractivity (Wildman–Crippen MR) is 89.1 cm³/mol. The van der Waals surface area contributed by atoms with Crippen LogP contribution >= 0.6 is 0 Å². The van der Waals surface area contributed by atoms with E-state index in [4.69, 9.17) is 4.74 Å². The van der Waals surface area contributed by atoms with Crippen LogP contribution in [0.15, 0.2) is 35.2 Å². The second-order valence-electron chi connectivity index (χ2n) is 5.67. The Morgan fingerprint density at radius 2 is 1.73 bits per heavy atom. The van der Waals surface area contributed by atoms with Gasteiger partial charge in [0, 0.05) is 24.0 Å². The lowest BCUT2D eigenvalue weighted by Gasteiger charge is -2.06. The van der Waals surface area contributed by atoms with Crippen molar-refractivity contribution in [2.24, 2.45) is 7.05 Å². The van der Waals surface area contributed by atoms with Gasteiger partial charge in [0.1, 0.15) is 0 Å². The van der Waals surface area contributed by atoms with E-state index < -0.39 is 33.1 Å². The van der Waals surface area contributed by atoms with Crippen LogP contribution in [0.5, 0.6) is 0 Å². The SMILES string of the molecule is Cc1cc(C(=O)COC(=O)c2ccc(S(=O)(=O)C(F)F)cc2)c(C)n1C.